The standard InChI is InChI=1S/C18H19IN2O3/c1-11(2)12-8-9-13(17(22)24-3)16(10-12)21-18(23)20-15-7-5-4-6-14(15)19/h4-11H,1-3H3,(H2,20,21,23). The molecule has 6 heteroatoms. The van der Waals surface area contributed by atoms with Crippen molar-refractivity contribution in [1.29, 1.82) is 0 Å². The highest BCUT2D eigenvalue weighted by molar-refractivity contribution is 14.1. The summed E-state index contributed by atoms with van der Waals surface area (Å²) in [5, 5.41) is 5.52. The summed E-state index contributed by atoms with van der Waals surface area (Å²) in [5.41, 5.74) is 2.47. The molecule has 0 aliphatic carbocycles. The SMILES string of the molecule is COC(=O)c1ccc(C(C)C)cc1NC(=O)Nc1ccccc1I. The lowest BCUT2D eigenvalue weighted by Crippen LogP contribution is -2.22. The Hall–Kier alpha value is -2.09. The van der Waals surface area contributed by atoms with E-state index >= 15 is 0 Å². The van der Waals surface area contributed by atoms with Crippen molar-refractivity contribution in [2.45, 2.75) is 19.8 Å². The lowest BCUT2D eigenvalue weighted by atomic mass is 10.00. The van der Waals surface area contributed by atoms with Crippen molar-refractivity contribution in [2.24, 2.45) is 0 Å². The van der Waals surface area contributed by atoms with Crippen molar-refractivity contribution in [3.8, 4) is 0 Å². The Morgan fingerprint density at radius 3 is 2.33 bits per heavy atom. The molecule has 0 unspecified atom stereocenters. The fourth-order valence-corrected chi connectivity index (χ4v) is 2.67. The number of methoxy groups -OCH3 is 1. The van der Waals surface area contributed by atoms with Gasteiger partial charge in [-0.1, -0.05) is 32.0 Å². The number of urea groups is 1. The second-order valence-electron chi connectivity index (χ2n) is 5.51. The molecule has 0 bridgehead atoms. The Bertz CT molecular complexity index is 760. The number of nitrogens with one attached hydrogen (secondary N) is 2. The summed E-state index contributed by atoms with van der Waals surface area (Å²) in [6, 6.07) is 12.4. The van der Waals surface area contributed by atoms with E-state index in [0.717, 1.165) is 9.13 Å². The Morgan fingerprint density at radius 2 is 1.71 bits per heavy atom. The van der Waals surface area contributed by atoms with Crippen LogP contribution in [0.4, 0.5) is 16.2 Å². The number of carbonyl (C=O) groups excluding carboxylic acids is 2. The number of halogens is 1. The molecule has 126 valence electrons. The van der Waals surface area contributed by atoms with Crippen LogP contribution in [0.3, 0.4) is 0 Å². The van der Waals surface area contributed by atoms with Gasteiger partial charge in [0.15, 0.2) is 0 Å². The third-order valence-electron chi connectivity index (χ3n) is 3.49. The van der Waals surface area contributed by atoms with Crippen LogP contribution < -0.4 is 10.6 Å². The molecule has 2 rings (SSSR count). The fourth-order valence-electron chi connectivity index (χ4n) is 2.15. The van der Waals surface area contributed by atoms with Gasteiger partial charge >= 0.3 is 12.0 Å². The van der Waals surface area contributed by atoms with E-state index in [1.165, 1.54) is 7.11 Å². The summed E-state index contributed by atoms with van der Waals surface area (Å²) < 4.78 is 5.71. The van der Waals surface area contributed by atoms with Crippen molar-refractivity contribution < 1.29 is 14.3 Å². The molecule has 5 nitrogen and oxygen atoms in total. The number of carbonyl (C=O) groups is 2. The number of para-hydroxylation sites is 1. The highest BCUT2D eigenvalue weighted by atomic mass is 127. The molecule has 0 aliphatic heterocycles. The third-order valence-corrected chi connectivity index (χ3v) is 4.43. The minimum absolute atomic E-state index is 0.273. The molecule has 0 saturated heterocycles. The van der Waals surface area contributed by atoms with E-state index in [4.69, 9.17) is 4.74 Å². The van der Waals surface area contributed by atoms with Gasteiger partial charge in [0.1, 0.15) is 0 Å². The first-order valence-corrected chi connectivity index (χ1v) is 8.55. The molecule has 0 atom stereocenters. The maximum atomic E-state index is 12.3. The van der Waals surface area contributed by atoms with Gasteiger partial charge in [-0.15, -0.1) is 0 Å². The van der Waals surface area contributed by atoms with Crippen molar-refractivity contribution in [2.75, 3.05) is 17.7 Å². The zero-order chi connectivity index (χ0) is 17.7. The van der Waals surface area contributed by atoms with E-state index in [1.807, 2.05) is 44.2 Å². The highest BCUT2D eigenvalue weighted by Crippen LogP contribution is 2.24. The maximum Gasteiger partial charge on any atom is 0.339 e. The molecule has 0 heterocycles. The first-order valence-electron chi connectivity index (χ1n) is 7.47. The summed E-state index contributed by atoms with van der Waals surface area (Å²) in [6.45, 7) is 4.09. The molecular weight excluding hydrogens is 419 g/mol. The maximum absolute atomic E-state index is 12.3. The van der Waals surface area contributed by atoms with Crippen LogP contribution >= 0.6 is 22.6 Å². The summed E-state index contributed by atoms with van der Waals surface area (Å²) >= 11 is 2.15. The van der Waals surface area contributed by atoms with Crippen LogP contribution in [0.5, 0.6) is 0 Å². The Labute approximate surface area is 154 Å². The molecule has 2 aromatic carbocycles. The number of hydrogen-bond donors (Lipinski definition) is 2. The highest BCUT2D eigenvalue weighted by Gasteiger charge is 2.16. The van der Waals surface area contributed by atoms with Crippen LogP contribution in [0.25, 0.3) is 0 Å². The Balaban J connectivity index is 2.26. The molecule has 0 fully saturated rings. The summed E-state index contributed by atoms with van der Waals surface area (Å²) in [7, 11) is 1.31. The van der Waals surface area contributed by atoms with Crippen molar-refractivity contribution >= 4 is 46.0 Å². The van der Waals surface area contributed by atoms with Crippen LogP contribution in [-0.2, 0) is 4.74 Å². The smallest absolute Gasteiger partial charge is 0.339 e. The van der Waals surface area contributed by atoms with E-state index in [-0.39, 0.29) is 5.92 Å². The molecule has 2 aromatic rings. The molecule has 0 aliphatic rings. The van der Waals surface area contributed by atoms with Gasteiger partial charge < -0.3 is 15.4 Å². The lowest BCUT2D eigenvalue weighted by Gasteiger charge is -2.14. The van der Waals surface area contributed by atoms with Crippen molar-refractivity contribution in [3.63, 3.8) is 0 Å². The molecule has 2 N–H and O–H groups in total. The lowest BCUT2D eigenvalue weighted by molar-refractivity contribution is 0.0602. The van der Waals surface area contributed by atoms with Gasteiger partial charge in [-0.25, -0.2) is 9.59 Å². The number of esters is 1. The zero-order valence-electron chi connectivity index (χ0n) is 13.7. The molecule has 0 radical (unpaired) electrons. The summed E-state index contributed by atoms with van der Waals surface area (Å²) in [5.74, 6) is -0.217. The number of amides is 2. The average molecular weight is 438 g/mol. The van der Waals surface area contributed by atoms with Crippen LogP contribution in [0.1, 0.15) is 35.7 Å². The molecule has 24 heavy (non-hydrogen) atoms. The molecule has 2 amide bonds. The topological polar surface area (TPSA) is 67.4 Å². The second kappa shape index (κ2) is 8.14. The molecule has 0 aromatic heterocycles. The van der Waals surface area contributed by atoms with Crippen LogP contribution in [0.15, 0.2) is 42.5 Å². The Morgan fingerprint density at radius 1 is 1.04 bits per heavy atom. The van der Waals surface area contributed by atoms with Crippen LogP contribution in [-0.4, -0.2) is 19.1 Å². The summed E-state index contributed by atoms with van der Waals surface area (Å²) in [4.78, 5) is 24.2. The zero-order valence-corrected chi connectivity index (χ0v) is 15.9. The average Bonchev–Trinajstić information content (AvgIpc) is 2.56. The Kier molecular flexibility index (Phi) is 6.19. The first-order chi connectivity index (χ1) is 11.4. The normalized spacial score (nSPS) is 10.4. The first kappa shape index (κ1) is 18.3. The molecular formula is C18H19IN2O3. The van der Waals surface area contributed by atoms with Crippen LogP contribution in [0.2, 0.25) is 0 Å². The van der Waals surface area contributed by atoms with E-state index in [9.17, 15) is 9.59 Å². The van der Waals surface area contributed by atoms with Crippen molar-refractivity contribution in [1.82, 2.24) is 0 Å². The number of ether oxygens (including phenoxy) is 1. The van der Waals surface area contributed by atoms with Gasteiger partial charge in [0.2, 0.25) is 0 Å². The van der Waals surface area contributed by atoms with Gasteiger partial charge in [-0.2, -0.15) is 0 Å². The predicted octanol–water partition coefficient (Wildman–Crippen LogP) is 4.85. The number of benzene rings is 2. The van der Waals surface area contributed by atoms with Gasteiger partial charge in [-0.3, -0.25) is 0 Å². The monoisotopic (exact) mass is 438 g/mol. The van der Waals surface area contributed by atoms with E-state index in [2.05, 4.69) is 33.2 Å². The number of rotatable bonds is 4. The van der Waals surface area contributed by atoms with E-state index in [0.29, 0.717) is 16.9 Å². The fraction of sp³-hybridized carbons (Fsp3) is 0.222. The van der Waals surface area contributed by atoms with Gasteiger partial charge in [-0.05, 0) is 58.3 Å². The van der Waals surface area contributed by atoms with Gasteiger partial charge in [0.25, 0.3) is 0 Å². The van der Waals surface area contributed by atoms with Gasteiger partial charge in [0.05, 0.1) is 24.0 Å². The minimum atomic E-state index is -0.491. The van der Waals surface area contributed by atoms with Crippen molar-refractivity contribution in [3.05, 3.63) is 57.2 Å². The quantitative estimate of drug-likeness (QED) is 0.530. The third kappa shape index (κ3) is 4.47. The predicted molar refractivity (Wildman–Crippen MR) is 104 cm³/mol. The number of hydrogen-bond acceptors (Lipinski definition) is 3. The number of anilines is 2. The summed E-state index contributed by atoms with van der Waals surface area (Å²) in [6.07, 6.45) is 0. The molecule has 0 saturated carbocycles. The molecule has 0 spiro atoms. The van der Waals surface area contributed by atoms with Crippen LogP contribution in [0, 0.1) is 3.57 Å². The van der Waals surface area contributed by atoms with E-state index in [1.54, 1.807) is 12.1 Å². The van der Waals surface area contributed by atoms with E-state index < -0.39 is 12.0 Å². The minimum Gasteiger partial charge on any atom is -0.465 e. The largest absolute Gasteiger partial charge is 0.465 e. The second-order valence-corrected chi connectivity index (χ2v) is 6.67. The van der Waals surface area contributed by atoms with Gasteiger partial charge in [0, 0.05) is 3.57 Å².